The molecule has 0 saturated carbocycles. The number of hydrogen-bond acceptors (Lipinski definition) is 5. The Morgan fingerprint density at radius 2 is 1.92 bits per heavy atom. The van der Waals surface area contributed by atoms with Crippen LogP contribution in [0.25, 0.3) is 22.2 Å². The molecule has 4 rings (SSSR count). The molecule has 0 saturated heterocycles. The maximum atomic E-state index is 14.1. The van der Waals surface area contributed by atoms with Gasteiger partial charge in [0.15, 0.2) is 5.82 Å². The van der Waals surface area contributed by atoms with Crippen LogP contribution in [0.4, 0.5) is 4.39 Å². The minimum Gasteiger partial charge on any atom is -0.257 e. The van der Waals surface area contributed by atoms with E-state index in [2.05, 4.69) is 20.1 Å². The monoisotopic (exact) mass is 351 g/mol. The van der Waals surface area contributed by atoms with Gasteiger partial charge in [-0.05, 0) is 25.1 Å². The molecular weight excluding hydrogens is 337 g/mol. The molecule has 0 radical (unpaired) electrons. The Hall–Kier alpha value is -2.93. The molecule has 25 heavy (non-hydrogen) atoms. The summed E-state index contributed by atoms with van der Waals surface area (Å²) in [5, 5.41) is 7.41. The molecular formula is C18H14FN5S. The van der Waals surface area contributed by atoms with E-state index in [1.54, 1.807) is 35.3 Å². The smallest absolute Gasteiger partial charge is 0.180 e. The van der Waals surface area contributed by atoms with E-state index in [9.17, 15) is 4.39 Å². The average Bonchev–Trinajstić information content (AvgIpc) is 3.24. The number of nitrogens with zero attached hydrogens (tertiary/aromatic N) is 5. The summed E-state index contributed by atoms with van der Waals surface area (Å²) in [7, 11) is 0. The molecule has 0 amide bonds. The number of halogens is 1. The Morgan fingerprint density at radius 1 is 1.12 bits per heavy atom. The van der Waals surface area contributed by atoms with Gasteiger partial charge in [0.05, 0.1) is 12.2 Å². The molecule has 124 valence electrons. The molecule has 0 aliphatic heterocycles. The standard InChI is InChI=1S/C18H14FN5S/c1-12-11-25-18(22-12)16-9-15(17-20-7-4-8-21-17)23-24(16)10-13-5-2-3-6-14(13)19/h2-9,11H,10H2,1H3. The lowest BCUT2D eigenvalue weighted by atomic mass is 10.2. The first-order valence-electron chi connectivity index (χ1n) is 7.72. The van der Waals surface area contributed by atoms with Gasteiger partial charge in [-0.2, -0.15) is 5.10 Å². The van der Waals surface area contributed by atoms with Crippen LogP contribution in [0.15, 0.2) is 54.2 Å². The molecule has 3 aromatic heterocycles. The van der Waals surface area contributed by atoms with Crippen molar-refractivity contribution in [3.63, 3.8) is 0 Å². The summed E-state index contributed by atoms with van der Waals surface area (Å²) in [4.78, 5) is 13.0. The lowest BCUT2D eigenvalue weighted by Crippen LogP contribution is -2.05. The fourth-order valence-electron chi connectivity index (χ4n) is 2.51. The van der Waals surface area contributed by atoms with Gasteiger partial charge in [0.25, 0.3) is 0 Å². The van der Waals surface area contributed by atoms with Gasteiger partial charge in [-0.3, -0.25) is 4.68 Å². The van der Waals surface area contributed by atoms with Gasteiger partial charge in [0.2, 0.25) is 0 Å². The Labute approximate surface area is 147 Å². The summed E-state index contributed by atoms with van der Waals surface area (Å²) >= 11 is 1.53. The molecule has 0 atom stereocenters. The number of rotatable bonds is 4. The molecule has 5 nitrogen and oxygen atoms in total. The van der Waals surface area contributed by atoms with Crippen molar-refractivity contribution in [2.75, 3.05) is 0 Å². The SMILES string of the molecule is Cc1csc(-c2cc(-c3ncccn3)nn2Cc2ccccc2F)n1. The van der Waals surface area contributed by atoms with Crippen LogP contribution in [0.5, 0.6) is 0 Å². The Morgan fingerprint density at radius 3 is 2.64 bits per heavy atom. The van der Waals surface area contributed by atoms with Crippen molar-refractivity contribution in [1.29, 1.82) is 0 Å². The van der Waals surface area contributed by atoms with Crippen LogP contribution in [0.3, 0.4) is 0 Å². The highest BCUT2D eigenvalue weighted by Crippen LogP contribution is 2.28. The van der Waals surface area contributed by atoms with Gasteiger partial charge < -0.3 is 0 Å². The third-order valence-electron chi connectivity index (χ3n) is 3.69. The Kier molecular flexibility index (Phi) is 4.07. The van der Waals surface area contributed by atoms with Crippen molar-refractivity contribution in [2.45, 2.75) is 13.5 Å². The second-order valence-corrected chi connectivity index (χ2v) is 6.39. The first-order chi connectivity index (χ1) is 12.2. The largest absolute Gasteiger partial charge is 0.257 e. The minimum atomic E-state index is -0.253. The van der Waals surface area contributed by atoms with Gasteiger partial charge in [0.1, 0.15) is 16.5 Å². The average molecular weight is 351 g/mol. The van der Waals surface area contributed by atoms with E-state index in [1.165, 1.54) is 17.4 Å². The molecule has 0 spiro atoms. The second kappa shape index (κ2) is 6.52. The highest BCUT2D eigenvalue weighted by molar-refractivity contribution is 7.13. The molecule has 4 aromatic rings. The Bertz CT molecular complexity index is 1010. The van der Waals surface area contributed by atoms with E-state index in [-0.39, 0.29) is 5.82 Å². The van der Waals surface area contributed by atoms with Gasteiger partial charge in [-0.25, -0.2) is 19.3 Å². The van der Waals surface area contributed by atoms with Crippen LogP contribution in [-0.4, -0.2) is 24.7 Å². The van der Waals surface area contributed by atoms with Crippen LogP contribution in [0.2, 0.25) is 0 Å². The van der Waals surface area contributed by atoms with Gasteiger partial charge >= 0.3 is 0 Å². The maximum absolute atomic E-state index is 14.1. The van der Waals surface area contributed by atoms with Gasteiger partial charge in [-0.15, -0.1) is 11.3 Å². The molecule has 3 heterocycles. The van der Waals surface area contributed by atoms with Crippen molar-refractivity contribution in [1.82, 2.24) is 24.7 Å². The summed E-state index contributed by atoms with van der Waals surface area (Å²) in [5.74, 6) is 0.279. The fourth-order valence-corrected chi connectivity index (χ4v) is 3.33. The van der Waals surface area contributed by atoms with Gasteiger partial charge in [-0.1, -0.05) is 18.2 Å². The summed E-state index contributed by atoms with van der Waals surface area (Å²) in [6.45, 7) is 2.26. The highest BCUT2D eigenvalue weighted by atomic mass is 32.1. The van der Waals surface area contributed by atoms with Crippen molar-refractivity contribution < 1.29 is 4.39 Å². The van der Waals surface area contributed by atoms with E-state index in [4.69, 9.17) is 0 Å². The first-order valence-corrected chi connectivity index (χ1v) is 8.60. The van der Waals surface area contributed by atoms with Crippen molar-refractivity contribution in [3.8, 4) is 22.2 Å². The van der Waals surface area contributed by atoms with Gasteiger partial charge in [0, 0.05) is 29.0 Å². The zero-order valence-corrected chi connectivity index (χ0v) is 14.2. The highest BCUT2D eigenvalue weighted by Gasteiger charge is 2.16. The second-order valence-electron chi connectivity index (χ2n) is 5.53. The number of benzene rings is 1. The fraction of sp³-hybridized carbons (Fsp3) is 0.111. The van der Waals surface area contributed by atoms with E-state index in [1.807, 2.05) is 24.4 Å². The van der Waals surface area contributed by atoms with Crippen LogP contribution >= 0.6 is 11.3 Å². The number of aromatic nitrogens is 5. The van der Waals surface area contributed by atoms with E-state index in [0.29, 0.717) is 23.6 Å². The van der Waals surface area contributed by atoms with Crippen molar-refractivity contribution in [2.24, 2.45) is 0 Å². The summed E-state index contributed by atoms with van der Waals surface area (Å²) in [5.41, 5.74) is 2.97. The van der Waals surface area contributed by atoms with Crippen molar-refractivity contribution >= 4 is 11.3 Å². The zero-order valence-electron chi connectivity index (χ0n) is 13.4. The van der Waals surface area contributed by atoms with Crippen LogP contribution < -0.4 is 0 Å². The Balaban J connectivity index is 1.81. The molecule has 0 fully saturated rings. The first kappa shape index (κ1) is 15.6. The van der Waals surface area contributed by atoms with Crippen LogP contribution in [-0.2, 0) is 6.54 Å². The predicted octanol–water partition coefficient (Wildman–Crippen LogP) is 3.96. The molecule has 0 aliphatic carbocycles. The third-order valence-corrected chi connectivity index (χ3v) is 4.67. The van der Waals surface area contributed by atoms with E-state index >= 15 is 0 Å². The molecule has 1 aromatic carbocycles. The number of aryl methyl sites for hydroxylation is 1. The topological polar surface area (TPSA) is 56.5 Å². The third kappa shape index (κ3) is 3.18. The van der Waals surface area contributed by atoms with E-state index < -0.39 is 0 Å². The number of thiazole rings is 1. The maximum Gasteiger partial charge on any atom is 0.180 e. The summed E-state index contributed by atoms with van der Waals surface area (Å²) in [6.07, 6.45) is 3.34. The minimum absolute atomic E-state index is 0.253. The lowest BCUT2D eigenvalue weighted by molar-refractivity contribution is 0.587. The van der Waals surface area contributed by atoms with Crippen molar-refractivity contribution in [3.05, 3.63) is 71.2 Å². The van der Waals surface area contributed by atoms with Crippen LogP contribution in [0.1, 0.15) is 11.3 Å². The normalized spacial score (nSPS) is 11.0. The molecule has 0 N–H and O–H groups in total. The predicted molar refractivity (Wildman–Crippen MR) is 94.6 cm³/mol. The lowest BCUT2D eigenvalue weighted by Gasteiger charge is -2.06. The van der Waals surface area contributed by atoms with E-state index in [0.717, 1.165) is 16.4 Å². The quantitative estimate of drug-likeness (QED) is 0.558. The molecule has 0 bridgehead atoms. The zero-order chi connectivity index (χ0) is 17.2. The summed E-state index contributed by atoms with van der Waals surface area (Å²) in [6, 6.07) is 10.4. The molecule has 7 heteroatoms. The number of hydrogen-bond donors (Lipinski definition) is 0. The van der Waals surface area contributed by atoms with Crippen LogP contribution in [0, 0.1) is 12.7 Å². The molecule has 0 unspecified atom stereocenters. The summed E-state index contributed by atoms with van der Waals surface area (Å²) < 4.78 is 15.8. The molecule has 0 aliphatic rings.